The number of nitrogens with two attached hydrogens (primary N) is 2. The maximum absolute atomic E-state index is 12.9. The van der Waals surface area contributed by atoms with Gasteiger partial charge in [-0.05, 0) is 39.5 Å². The number of carboxylic acid groups (broad SMARTS) is 1. The number of hydrogen-bond acceptors (Lipinski definition) is 7. The van der Waals surface area contributed by atoms with Crippen LogP contribution in [0.2, 0.25) is 0 Å². The molecule has 0 aromatic carbocycles. The lowest BCUT2D eigenvalue weighted by molar-refractivity contribution is -0.160. The summed E-state index contributed by atoms with van der Waals surface area (Å²) in [5.74, 6) is -5.44. The van der Waals surface area contributed by atoms with E-state index in [1.807, 2.05) is 0 Å². The lowest BCUT2D eigenvalue weighted by Crippen LogP contribution is -2.56. The first kappa shape index (κ1) is 28.3. The van der Waals surface area contributed by atoms with Crippen molar-refractivity contribution in [2.45, 2.75) is 85.0 Å². The Bertz CT molecular complexity index is 693. The molecule has 0 aliphatic rings. The molecule has 0 aliphatic carbocycles. The number of aliphatic carboxylic acids is 1. The van der Waals surface area contributed by atoms with Gasteiger partial charge in [-0.2, -0.15) is 0 Å². The van der Waals surface area contributed by atoms with E-state index in [1.165, 1.54) is 6.92 Å². The second-order valence-electron chi connectivity index (χ2n) is 9.61. The topological polar surface area (TPSA) is 191 Å². The van der Waals surface area contributed by atoms with Gasteiger partial charge in [-0.3, -0.25) is 19.2 Å². The number of hydrogen-bond donors (Lipinski definition) is 5. The van der Waals surface area contributed by atoms with E-state index in [9.17, 15) is 29.1 Å². The summed E-state index contributed by atoms with van der Waals surface area (Å²) < 4.78 is 5.21. The molecule has 0 saturated heterocycles. The standard InChI is InChI=1S/C20H36N4O7/c1-10(21)15(26)23-12(8-11(17(28)29)19(2,3)4)16(27)24-13(9-14(22)25)18(30)31-20(5,6)7/h10-13H,8-9,21H2,1-7H3,(H2,22,25)(H,23,26)(H,24,27)(H,28,29)/t10-,11?,12-,13-/m0/s1. The number of nitrogens with one attached hydrogen (secondary N) is 2. The number of rotatable bonds is 10. The average Bonchev–Trinajstić information content (AvgIpc) is 2.53. The third kappa shape index (κ3) is 10.8. The molecule has 178 valence electrons. The molecule has 0 aliphatic heterocycles. The molecule has 0 rings (SSSR count). The van der Waals surface area contributed by atoms with Crippen LogP contribution < -0.4 is 22.1 Å². The van der Waals surface area contributed by atoms with Crippen molar-refractivity contribution >= 4 is 29.7 Å². The van der Waals surface area contributed by atoms with E-state index < -0.39 is 71.1 Å². The molecular weight excluding hydrogens is 408 g/mol. The second kappa shape index (κ2) is 11.1. The Labute approximate surface area is 182 Å². The minimum atomic E-state index is -1.41. The third-order valence-corrected chi connectivity index (χ3v) is 4.27. The fourth-order valence-corrected chi connectivity index (χ4v) is 2.63. The van der Waals surface area contributed by atoms with Crippen molar-refractivity contribution in [1.82, 2.24) is 10.6 Å². The molecule has 11 heteroatoms. The van der Waals surface area contributed by atoms with Crippen LogP contribution in [0, 0.1) is 11.3 Å². The van der Waals surface area contributed by atoms with E-state index in [0.717, 1.165) is 0 Å². The molecule has 7 N–H and O–H groups in total. The number of ether oxygens (including phenoxy) is 1. The first-order chi connectivity index (χ1) is 13.8. The van der Waals surface area contributed by atoms with E-state index in [1.54, 1.807) is 41.5 Å². The summed E-state index contributed by atoms with van der Waals surface area (Å²) >= 11 is 0. The highest BCUT2D eigenvalue weighted by molar-refractivity contribution is 5.93. The maximum atomic E-state index is 12.9. The molecule has 0 spiro atoms. The summed E-state index contributed by atoms with van der Waals surface area (Å²) in [5.41, 5.74) is 9.11. The van der Waals surface area contributed by atoms with Gasteiger partial charge in [0.25, 0.3) is 0 Å². The van der Waals surface area contributed by atoms with Crippen molar-refractivity contribution in [3.8, 4) is 0 Å². The van der Waals surface area contributed by atoms with Gasteiger partial charge in [0.2, 0.25) is 17.7 Å². The zero-order chi connectivity index (χ0) is 24.7. The largest absolute Gasteiger partial charge is 0.481 e. The SMILES string of the molecule is C[C@H](N)C(=O)N[C@@H](CC(C(=O)O)C(C)(C)C)C(=O)N[C@@H](CC(N)=O)C(=O)OC(C)(C)C. The van der Waals surface area contributed by atoms with Crippen molar-refractivity contribution in [3.05, 3.63) is 0 Å². The Balaban J connectivity index is 5.82. The first-order valence-corrected chi connectivity index (χ1v) is 9.95. The van der Waals surface area contributed by atoms with Crippen LogP contribution in [0.5, 0.6) is 0 Å². The molecule has 31 heavy (non-hydrogen) atoms. The highest BCUT2D eigenvalue weighted by Crippen LogP contribution is 2.30. The van der Waals surface area contributed by atoms with Crippen LogP contribution in [-0.2, 0) is 28.7 Å². The van der Waals surface area contributed by atoms with Gasteiger partial charge in [0.15, 0.2) is 0 Å². The predicted octanol–water partition coefficient (Wildman–Crippen LogP) is -0.343. The van der Waals surface area contributed by atoms with Crippen molar-refractivity contribution in [1.29, 1.82) is 0 Å². The first-order valence-electron chi connectivity index (χ1n) is 9.95. The van der Waals surface area contributed by atoms with Gasteiger partial charge in [-0.15, -0.1) is 0 Å². The van der Waals surface area contributed by atoms with Crippen LogP contribution >= 0.6 is 0 Å². The van der Waals surface area contributed by atoms with Crippen molar-refractivity contribution in [2.24, 2.45) is 22.8 Å². The van der Waals surface area contributed by atoms with Crippen LogP contribution in [0.3, 0.4) is 0 Å². The highest BCUT2D eigenvalue weighted by Gasteiger charge is 2.38. The zero-order valence-corrected chi connectivity index (χ0v) is 19.3. The summed E-state index contributed by atoms with van der Waals surface area (Å²) in [6.45, 7) is 11.3. The summed E-state index contributed by atoms with van der Waals surface area (Å²) in [6, 6.07) is -3.69. The molecule has 0 aromatic heterocycles. The quantitative estimate of drug-likeness (QED) is 0.282. The van der Waals surface area contributed by atoms with Crippen molar-refractivity contribution in [3.63, 3.8) is 0 Å². The van der Waals surface area contributed by atoms with Crippen LogP contribution in [-0.4, -0.2) is 58.5 Å². The Morgan fingerprint density at radius 2 is 1.42 bits per heavy atom. The molecule has 0 fully saturated rings. The summed E-state index contributed by atoms with van der Waals surface area (Å²) in [5, 5.41) is 14.4. The van der Waals surface area contributed by atoms with E-state index in [4.69, 9.17) is 16.2 Å². The number of carboxylic acids is 1. The van der Waals surface area contributed by atoms with Crippen LogP contribution in [0.25, 0.3) is 0 Å². The number of carbonyl (C=O) groups is 5. The summed E-state index contributed by atoms with van der Waals surface area (Å²) in [7, 11) is 0. The second-order valence-corrected chi connectivity index (χ2v) is 9.61. The minimum absolute atomic E-state index is 0.263. The highest BCUT2D eigenvalue weighted by atomic mass is 16.6. The number of primary amides is 1. The Hall–Kier alpha value is -2.69. The lowest BCUT2D eigenvalue weighted by Gasteiger charge is -2.31. The van der Waals surface area contributed by atoms with Gasteiger partial charge in [-0.1, -0.05) is 20.8 Å². The van der Waals surface area contributed by atoms with E-state index in [2.05, 4.69) is 10.6 Å². The Morgan fingerprint density at radius 1 is 0.935 bits per heavy atom. The van der Waals surface area contributed by atoms with Crippen molar-refractivity contribution in [2.75, 3.05) is 0 Å². The molecule has 0 radical (unpaired) electrons. The number of amides is 3. The lowest BCUT2D eigenvalue weighted by atomic mass is 9.77. The molecule has 4 atom stereocenters. The average molecular weight is 445 g/mol. The predicted molar refractivity (Wildman–Crippen MR) is 112 cm³/mol. The Morgan fingerprint density at radius 3 is 1.77 bits per heavy atom. The van der Waals surface area contributed by atoms with Crippen LogP contribution in [0.1, 0.15) is 61.3 Å². The molecule has 1 unspecified atom stereocenters. The minimum Gasteiger partial charge on any atom is -0.481 e. The summed E-state index contributed by atoms with van der Waals surface area (Å²) in [6.07, 6.45) is -0.795. The van der Waals surface area contributed by atoms with Gasteiger partial charge in [-0.25, -0.2) is 4.79 Å². The van der Waals surface area contributed by atoms with Crippen LogP contribution in [0.4, 0.5) is 0 Å². The van der Waals surface area contributed by atoms with E-state index >= 15 is 0 Å². The molecule has 0 heterocycles. The molecular formula is C20H36N4O7. The van der Waals surface area contributed by atoms with Gasteiger partial charge < -0.3 is 31.9 Å². The van der Waals surface area contributed by atoms with Crippen molar-refractivity contribution < 1.29 is 33.8 Å². The molecule has 11 nitrogen and oxygen atoms in total. The van der Waals surface area contributed by atoms with Gasteiger partial charge in [0.1, 0.15) is 17.7 Å². The molecule has 0 saturated carbocycles. The summed E-state index contributed by atoms with van der Waals surface area (Å²) in [4.78, 5) is 60.6. The van der Waals surface area contributed by atoms with Gasteiger partial charge in [0.05, 0.1) is 18.4 Å². The van der Waals surface area contributed by atoms with Gasteiger partial charge >= 0.3 is 11.9 Å². The van der Waals surface area contributed by atoms with E-state index in [-0.39, 0.29) is 6.42 Å². The fourth-order valence-electron chi connectivity index (χ4n) is 2.63. The molecule has 0 bridgehead atoms. The normalized spacial score (nSPS) is 15.7. The zero-order valence-electron chi connectivity index (χ0n) is 19.3. The monoisotopic (exact) mass is 444 g/mol. The maximum Gasteiger partial charge on any atom is 0.329 e. The fraction of sp³-hybridized carbons (Fsp3) is 0.750. The third-order valence-electron chi connectivity index (χ3n) is 4.27. The Kier molecular flexibility index (Phi) is 10.1. The smallest absolute Gasteiger partial charge is 0.329 e. The van der Waals surface area contributed by atoms with Gasteiger partial charge in [0, 0.05) is 0 Å². The molecule has 0 aromatic rings. The van der Waals surface area contributed by atoms with Crippen LogP contribution in [0.15, 0.2) is 0 Å². The van der Waals surface area contributed by atoms with E-state index in [0.29, 0.717) is 0 Å². The molecule has 3 amide bonds. The number of esters is 1. The number of carbonyl (C=O) groups excluding carboxylic acids is 4.